The molecule has 0 aromatic carbocycles. The number of alkyl carbamates (subject to hydrolysis) is 1. The van der Waals surface area contributed by atoms with Crippen LogP contribution in [-0.4, -0.2) is 46.6 Å². The van der Waals surface area contributed by atoms with Crippen LogP contribution in [0.15, 0.2) is 0 Å². The molecular weight excluding hydrogens is 395 g/mol. The lowest BCUT2D eigenvalue weighted by molar-refractivity contribution is -0.148. The van der Waals surface area contributed by atoms with Gasteiger partial charge in [0.1, 0.15) is 12.1 Å². The summed E-state index contributed by atoms with van der Waals surface area (Å²) in [7, 11) is 0. The molecule has 0 heterocycles. The molecule has 0 fully saturated rings. The zero-order valence-electron chi connectivity index (χ0n) is 12.3. The molecule has 8 nitrogen and oxygen atoms in total. The number of carbonyl (C=O) groups excluding carboxylic acids is 4. The van der Waals surface area contributed by atoms with Crippen LogP contribution in [0, 0.1) is 0 Å². The molecule has 0 rings (SSSR count). The Hall–Kier alpha value is -1.39. The van der Waals surface area contributed by atoms with Gasteiger partial charge in [-0.15, -0.1) is 0 Å². The van der Waals surface area contributed by atoms with E-state index in [0.29, 0.717) is 0 Å². The van der Waals surface area contributed by atoms with Crippen molar-refractivity contribution < 1.29 is 28.7 Å². The van der Waals surface area contributed by atoms with E-state index in [9.17, 15) is 19.2 Å². The van der Waals surface area contributed by atoms with Gasteiger partial charge in [-0.3, -0.25) is 9.59 Å². The van der Waals surface area contributed by atoms with Crippen molar-refractivity contribution in [2.75, 3.05) is 13.2 Å². The maximum absolute atomic E-state index is 11.6. The first kappa shape index (κ1) is 19.6. The van der Waals surface area contributed by atoms with Crippen LogP contribution in [0.5, 0.6) is 0 Å². The van der Waals surface area contributed by atoms with Crippen molar-refractivity contribution in [1.82, 2.24) is 10.6 Å². The Labute approximate surface area is 136 Å². The van der Waals surface area contributed by atoms with Gasteiger partial charge in [0, 0.05) is 22.6 Å². The molecule has 0 bridgehead atoms. The molecule has 1 unspecified atom stereocenters. The second-order valence-electron chi connectivity index (χ2n) is 4.91. The molecule has 1 atom stereocenters. The van der Waals surface area contributed by atoms with Crippen LogP contribution in [0.4, 0.5) is 4.79 Å². The summed E-state index contributed by atoms with van der Waals surface area (Å²) in [5.74, 6) is -1.55. The van der Waals surface area contributed by atoms with Crippen LogP contribution in [0.2, 0.25) is 0 Å². The average Bonchev–Trinajstić information content (AvgIpc) is 2.31. The van der Waals surface area contributed by atoms with E-state index in [-0.39, 0.29) is 6.61 Å². The predicted octanol–water partition coefficient (Wildman–Crippen LogP) is 0.521. The fraction of sp³-hybridized carbons (Fsp3) is 0.667. The largest absolute Gasteiger partial charge is 0.464 e. The number of hydrogen-bond acceptors (Lipinski definition) is 6. The summed E-state index contributed by atoms with van der Waals surface area (Å²) in [4.78, 5) is 45.7. The number of ether oxygens (including phenoxy) is 2. The number of rotatable bonds is 6. The molecule has 0 saturated carbocycles. The zero-order chi connectivity index (χ0) is 16.6. The molecule has 0 saturated heterocycles. The summed E-state index contributed by atoms with van der Waals surface area (Å²) < 4.78 is 9.02. The van der Waals surface area contributed by atoms with Crippen LogP contribution in [0.3, 0.4) is 0 Å². The van der Waals surface area contributed by atoms with Gasteiger partial charge in [-0.05, 0) is 27.7 Å². The van der Waals surface area contributed by atoms with E-state index in [1.54, 1.807) is 27.7 Å². The molecule has 0 aliphatic rings. The zero-order valence-corrected chi connectivity index (χ0v) is 14.5. The summed E-state index contributed by atoms with van der Waals surface area (Å²) in [6.07, 6.45) is -0.772. The Morgan fingerprint density at radius 1 is 1.19 bits per heavy atom. The molecule has 9 heteroatoms. The Bertz CT molecular complexity index is 418. The van der Waals surface area contributed by atoms with Gasteiger partial charge in [0.05, 0.1) is 6.61 Å². The van der Waals surface area contributed by atoms with Crippen molar-refractivity contribution in [3.63, 3.8) is 0 Å². The van der Waals surface area contributed by atoms with Crippen LogP contribution >= 0.6 is 22.6 Å². The van der Waals surface area contributed by atoms with Crippen molar-refractivity contribution in [1.29, 1.82) is 0 Å². The Balaban J connectivity index is 4.37. The van der Waals surface area contributed by atoms with Gasteiger partial charge in [0.15, 0.2) is 6.04 Å². The van der Waals surface area contributed by atoms with E-state index in [1.165, 1.54) is 22.6 Å². The van der Waals surface area contributed by atoms with Gasteiger partial charge in [-0.1, -0.05) is 0 Å². The van der Waals surface area contributed by atoms with Crippen molar-refractivity contribution in [3.05, 3.63) is 0 Å². The van der Waals surface area contributed by atoms with Gasteiger partial charge in [-0.2, -0.15) is 0 Å². The number of esters is 1. The topological polar surface area (TPSA) is 111 Å². The highest BCUT2D eigenvalue weighted by molar-refractivity contribution is 14.1. The SMILES string of the molecule is CCOC(=O)C(NC(=O)CNC(=O)OC(C)(C)C)C(=O)I. The molecular formula is C12H19IN2O6. The normalized spacial score (nSPS) is 12.0. The summed E-state index contributed by atoms with van der Waals surface area (Å²) in [5.41, 5.74) is -0.688. The Morgan fingerprint density at radius 3 is 2.19 bits per heavy atom. The number of halogens is 1. The van der Waals surface area contributed by atoms with E-state index in [4.69, 9.17) is 4.74 Å². The Kier molecular flexibility index (Phi) is 8.22. The molecule has 0 radical (unpaired) electrons. The molecule has 0 aliphatic carbocycles. The number of nitrogens with one attached hydrogen (secondary N) is 2. The maximum Gasteiger partial charge on any atom is 0.408 e. The smallest absolute Gasteiger partial charge is 0.408 e. The van der Waals surface area contributed by atoms with Gasteiger partial charge in [0.25, 0.3) is 0 Å². The summed E-state index contributed by atoms with van der Waals surface area (Å²) in [6, 6.07) is -1.39. The van der Waals surface area contributed by atoms with E-state index in [2.05, 4.69) is 15.4 Å². The lowest BCUT2D eigenvalue weighted by Crippen LogP contribution is -2.49. The van der Waals surface area contributed by atoms with Crippen molar-refractivity contribution >= 4 is 44.4 Å². The predicted molar refractivity (Wildman–Crippen MR) is 81.8 cm³/mol. The lowest BCUT2D eigenvalue weighted by Gasteiger charge is -2.19. The van der Waals surface area contributed by atoms with Gasteiger partial charge in [0.2, 0.25) is 9.70 Å². The van der Waals surface area contributed by atoms with Crippen LogP contribution in [-0.2, 0) is 23.9 Å². The first-order valence-electron chi connectivity index (χ1n) is 6.19. The number of hydrogen-bond donors (Lipinski definition) is 2. The number of amides is 2. The third-order valence-electron chi connectivity index (χ3n) is 1.85. The Morgan fingerprint density at radius 2 is 1.76 bits per heavy atom. The molecule has 2 N–H and O–H groups in total. The molecule has 0 aromatic rings. The first-order valence-corrected chi connectivity index (χ1v) is 7.27. The third kappa shape index (κ3) is 9.21. The second kappa shape index (κ2) is 8.80. The highest BCUT2D eigenvalue weighted by Crippen LogP contribution is 2.06. The fourth-order valence-electron chi connectivity index (χ4n) is 1.11. The minimum atomic E-state index is -1.39. The third-order valence-corrected chi connectivity index (χ3v) is 2.47. The van der Waals surface area contributed by atoms with Crippen LogP contribution in [0.1, 0.15) is 27.7 Å². The average molecular weight is 414 g/mol. The van der Waals surface area contributed by atoms with E-state index >= 15 is 0 Å². The molecule has 0 aliphatic heterocycles. The fourth-order valence-corrected chi connectivity index (χ4v) is 1.52. The molecule has 0 spiro atoms. The molecule has 2 amide bonds. The van der Waals surface area contributed by atoms with Crippen LogP contribution < -0.4 is 10.6 Å². The van der Waals surface area contributed by atoms with E-state index in [1.807, 2.05) is 0 Å². The van der Waals surface area contributed by atoms with E-state index < -0.39 is 39.9 Å². The minimum absolute atomic E-state index is 0.0886. The monoisotopic (exact) mass is 414 g/mol. The first-order chi connectivity index (χ1) is 9.56. The molecule has 21 heavy (non-hydrogen) atoms. The van der Waals surface area contributed by atoms with Crippen molar-refractivity contribution in [3.8, 4) is 0 Å². The van der Waals surface area contributed by atoms with Crippen molar-refractivity contribution in [2.45, 2.75) is 39.3 Å². The summed E-state index contributed by atoms with van der Waals surface area (Å²) in [6.45, 7) is 6.28. The van der Waals surface area contributed by atoms with E-state index in [0.717, 1.165) is 0 Å². The van der Waals surface area contributed by atoms with Crippen LogP contribution in [0.25, 0.3) is 0 Å². The quantitative estimate of drug-likeness (QED) is 0.284. The minimum Gasteiger partial charge on any atom is -0.464 e. The van der Waals surface area contributed by atoms with Crippen molar-refractivity contribution in [2.24, 2.45) is 0 Å². The summed E-state index contributed by atoms with van der Waals surface area (Å²) in [5, 5.41) is 4.39. The standard InChI is InChI=1S/C12H19IN2O6/c1-5-20-10(18)8(9(13)17)15-7(16)6-14-11(19)21-12(2,3)4/h8H,5-6H2,1-4H3,(H,14,19)(H,15,16). The second-order valence-corrected chi connectivity index (χ2v) is 5.98. The molecule has 0 aromatic heterocycles. The number of carbonyl (C=O) groups is 4. The lowest BCUT2D eigenvalue weighted by atomic mass is 10.2. The van der Waals surface area contributed by atoms with Gasteiger partial charge in [-0.25, -0.2) is 9.59 Å². The van der Waals surface area contributed by atoms with Gasteiger partial charge >= 0.3 is 12.1 Å². The molecule has 120 valence electrons. The van der Waals surface area contributed by atoms with Gasteiger partial charge < -0.3 is 20.1 Å². The highest BCUT2D eigenvalue weighted by atomic mass is 127. The highest BCUT2D eigenvalue weighted by Gasteiger charge is 2.28. The maximum atomic E-state index is 11.6. The summed E-state index contributed by atoms with van der Waals surface area (Å²) >= 11 is 1.39.